The van der Waals surface area contributed by atoms with Crippen LogP contribution in [0.3, 0.4) is 0 Å². The normalized spacial score (nSPS) is 18.9. The molecule has 3 aromatic heterocycles. The number of hydrogen-bond acceptors (Lipinski definition) is 5. The molecule has 0 spiro atoms. The van der Waals surface area contributed by atoms with Gasteiger partial charge in [0.1, 0.15) is 24.0 Å². The van der Waals surface area contributed by atoms with Crippen LogP contribution in [0.4, 0.5) is 8.78 Å². The van der Waals surface area contributed by atoms with E-state index in [-0.39, 0.29) is 19.4 Å². The second kappa shape index (κ2) is 7.21. The number of fused-ring (bicyclic) bond motifs is 3. The summed E-state index contributed by atoms with van der Waals surface area (Å²) in [6.07, 6.45) is 5.37. The van der Waals surface area contributed by atoms with Gasteiger partial charge in [-0.25, -0.2) is 13.8 Å². The summed E-state index contributed by atoms with van der Waals surface area (Å²) in [6, 6.07) is 4.17. The maximum absolute atomic E-state index is 15.0. The Morgan fingerprint density at radius 2 is 2.03 bits per heavy atom. The summed E-state index contributed by atoms with van der Waals surface area (Å²) in [5.74, 6) is -2.54. The van der Waals surface area contributed by atoms with Gasteiger partial charge in [-0.1, -0.05) is 11.6 Å². The van der Waals surface area contributed by atoms with Crippen LogP contribution in [-0.4, -0.2) is 43.6 Å². The Bertz CT molecular complexity index is 1240. The minimum Gasteiger partial charge on any atom is -0.375 e. The van der Waals surface area contributed by atoms with Crippen LogP contribution in [0.25, 0.3) is 21.9 Å². The molecular weight excluding hydrogens is 412 g/mol. The first-order valence-corrected chi connectivity index (χ1v) is 9.98. The molecule has 0 aliphatic carbocycles. The molecule has 0 N–H and O–H groups in total. The van der Waals surface area contributed by atoms with Crippen molar-refractivity contribution in [2.75, 3.05) is 13.2 Å². The van der Waals surface area contributed by atoms with E-state index in [2.05, 4.69) is 19.9 Å². The number of nitrogens with zero attached hydrogens (tertiary/aromatic N) is 5. The van der Waals surface area contributed by atoms with Crippen LogP contribution < -0.4 is 0 Å². The average molecular weight is 430 g/mol. The average Bonchev–Trinajstić information content (AvgIpc) is 3.07. The minimum atomic E-state index is -3.03. The van der Waals surface area contributed by atoms with Crippen LogP contribution in [0.15, 0.2) is 36.8 Å². The van der Waals surface area contributed by atoms with Crippen molar-refractivity contribution in [3.63, 3.8) is 0 Å². The van der Waals surface area contributed by atoms with Crippen LogP contribution in [-0.2, 0) is 11.2 Å². The van der Waals surface area contributed by atoms with Crippen molar-refractivity contribution in [2.24, 2.45) is 0 Å². The van der Waals surface area contributed by atoms with Gasteiger partial charge < -0.3 is 9.30 Å². The van der Waals surface area contributed by atoms with Gasteiger partial charge in [0.2, 0.25) is 0 Å². The summed E-state index contributed by atoms with van der Waals surface area (Å²) in [5, 5.41) is 1.20. The molecule has 4 aromatic rings. The number of aromatic nitrogens is 5. The fourth-order valence-corrected chi connectivity index (χ4v) is 4.13. The van der Waals surface area contributed by atoms with Gasteiger partial charge in [0, 0.05) is 35.8 Å². The Morgan fingerprint density at radius 3 is 2.80 bits per heavy atom. The van der Waals surface area contributed by atoms with Crippen LogP contribution in [0.2, 0.25) is 5.02 Å². The van der Waals surface area contributed by atoms with Gasteiger partial charge in [-0.2, -0.15) is 0 Å². The highest BCUT2D eigenvalue weighted by molar-refractivity contribution is 6.31. The lowest BCUT2D eigenvalue weighted by molar-refractivity contribution is -0.147. The maximum Gasteiger partial charge on any atom is 0.291 e. The Kier molecular flexibility index (Phi) is 4.63. The molecule has 1 atom stereocenters. The molecular formula is C21H18ClF2N5O. The molecule has 1 aliphatic rings. The Labute approximate surface area is 175 Å². The topological polar surface area (TPSA) is 65.7 Å². The quantitative estimate of drug-likeness (QED) is 0.479. The highest BCUT2D eigenvalue weighted by atomic mass is 35.5. The zero-order valence-corrected chi connectivity index (χ0v) is 16.9. The third-order valence-corrected chi connectivity index (χ3v) is 5.59. The number of imidazole rings is 1. The fraction of sp³-hybridized carbons (Fsp3) is 0.333. The first kappa shape index (κ1) is 19.3. The van der Waals surface area contributed by atoms with Crippen molar-refractivity contribution in [1.82, 2.24) is 24.5 Å². The fourth-order valence-electron chi connectivity index (χ4n) is 3.96. The van der Waals surface area contributed by atoms with E-state index in [0.29, 0.717) is 38.5 Å². The molecule has 1 saturated heterocycles. The second-order valence-electron chi connectivity index (χ2n) is 7.50. The molecule has 5 rings (SSSR count). The standard InChI is InChI=1S/C21H18ClF2N5O/c1-12-8-26-14(9-25-12)7-19-28-17-10-27-16-3-2-13(22)6-15(16)20(17)29(19)18-4-5-30-11-21(18,23)24/h2-3,6,8-10,18H,4-5,7,11H2,1H3/t18-/m0/s1. The number of pyridine rings is 1. The Hall–Kier alpha value is -2.71. The molecule has 0 unspecified atom stereocenters. The van der Waals surface area contributed by atoms with Crippen molar-refractivity contribution >= 4 is 33.5 Å². The molecule has 4 heterocycles. The highest BCUT2D eigenvalue weighted by Crippen LogP contribution is 2.40. The smallest absolute Gasteiger partial charge is 0.291 e. The van der Waals surface area contributed by atoms with E-state index in [1.807, 2.05) is 6.92 Å². The van der Waals surface area contributed by atoms with E-state index in [9.17, 15) is 8.78 Å². The molecule has 0 saturated carbocycles. The third kappa shape index (κ3) is 3.30. The maximum atomic E-state index is 15.0. The van der Waals surface area contributed by atoms with Crippen LogP contribution >= 0.6 is 11.6 Å². The number of alkyl halides is 2. The van der Waals surface area contributed by atoms with Crippen molar-refractivity contribution in [2.45, 2.75) is 31.7 Å². The van der Waals surface area contributed by atoms with Crippen molar-refractivity contribution in [3.05, 3.63) is 59.0 Å². The molecule has 1 aromatic carbocycles. The minimum absolute atomic E-state index is 0.176. The monoisotopic (exact) mass is 429 g/mol. The molecule has 9 heteroatoms. The molecule has 154 valence electrons. The number of benzene rings is 1. The lowest BCUT2D eigenvalue weighted by atomic mass is 10.0. The van der Waals surface area contributed by atoms with Crippen molar-refractivity contribution in [3.8, 4) is 0 Å². The van der Waals surface area contributed by atoms with Gasteiger partial charge >= 0.3 is 0 Å². The van der Waals surface area contributed by atoms with Gasteiger partial charge in [0.15, 0.2) is 0 Å². The largest absolute Gasteiger partial charge is 0.375 e. The predicted molar refractivity (Wildman–Crippen MR) is 109 cm³/mol. The lowest BCUT2D eigenvalue weighted by Gasteiger charge is -2.33. The van der Waals surface area contributed by atoms with E-state index < -0.39 is 18.6 Å². The van der Waals surface area contributed by atoms with Gasteiger partial charge in [0.25, 0.3) is 5.92 Å². The van der Waals surface area contributed by atoms with Gasteiger partial charge in [-0.15, -0.1) is 0 Å². The number of halogens is 3. The van der Waals surface area contributed by atoms with E-state index in [1.165, 1.54) is 0 Å². The summed E-state index contributed by atoms with van der Waals surface area (Å²) >= 11 is 6.22. The predicted octanol–water partition coefficient (Wildman–Crippen LogP) is 4.52. The molecule has 1 aliphatic heterocycles. The van der Waals surface area contributed by atoms with Crippen molar-refractivity contribution in [1.29, 1.82) is 0 Å². The molecule has 0 radical (unpaired) electrons. The molecule has 6 nitrogen and oxygen atoms in total. The Morgan fingerprint density at radius 1 is 1.17 bits per heavy atom. The zero-order valence-electron chi connectivity index (χ0n) is 16.1. The van der Waals surface area contributed by atoms with Crippen LogP contribution in [0.1, 0.15) is 29.7 Å². The lowest BCUT2D eigenvalue weighted by Crippen LogP contribution is -2.41. The van der Waals surface area contributed by atoms with E-state index in [4.69, 9.17) is 16.3 Å². The Balaban J connectivity index is 1.77. The number of aryl methyl sites for hydroxylation is 1. The second-order valence-corrected chi connectivity index (χ2v) is 7.93. The van der Waals surface area contributed by atoms with E-state index >= 15 is 0 Å². The number of ether oxygens (including phenoxy) is 1. The van der Waals surface area contributed by atoms with Crippen LogP contribution in [0, 0.1) is 6.92 Å². The molecule has 30 heavy (non-hydrogen) atoms. The van der Waals surface area contributed by atoms with Crippen LogP contribution in [0.5, 0.6) is 0 Å². The first-order chi connectivity index (χ1) is 14.4. The summed E-state index contributed by atoms with van der Waals surface area (Å²) in [5.41, 5.74) is 3.26. The van der Waals surface area contributed by atoms with Gasteiger partial charge in [0.05, 0.1) is 28.6 Å². The van der Waals surface area contributed by atoms with Gasteiger partial charge in [-0.05, 0) is 31.5 Å². The van der Waals surface area contributed by atoms with E-state index in [0.717, 1.165) is 5.69 Å². The third-order valence-electron chi connectivity index (χ3n) is 5.35. The highest BCUT2D eigenvalue weighted by Gasteiger charge is 2.45. The summed E-state index contributed by atoms with van der Waals surface area (Å²) in [4.78, 5) is 17.7. The number of hydrogen-bond donors (Lipinski definition) is 0. The first-order valence-electron chi connectivity index (χ1n) is 9.60. The SMILES string of the molecule is Cc1cnc(Cc2nc3cnc4ccc(Cl)cc4c3n2[C@H]2CCOCC2(F)F)cn1. The summed E-state index contributed by atoms with van der Waals surface area (Å²) < 4.78 is 36.6. The van der Waals surface area contributed by atoms with Crippen molar-refractivity contribution < 1.29 is 13.5 Å². The molecule has 0 bridgehead atoms. The summed E-state index contributed by atoms with van der Waals surface area (Å²) in [6.45, 7) is 1.48. The molecule has 1 fully saturated rings. The van der Waals surface area contributed by atoms with E-state index in [1.54, 1.807) is 41.4 Å². The summed E-state index contributed by atoms with van der Waals surface area (Å²) in [7, 11) is 0. The van der Waals surface area contributed by atoms with Gasteiger partial charge in [-0.3, -0.25) is 15.0 Å². The number of rotatable bonds is 3. The zero-order chi connectivity index (χ0) is 20.9. The molecule has 0 amide bonds.